The minimum Gasteiger partial charge on any atom is -0.309 e. The maximum atomic E-state index is 2.50. The molecule has 4 aliphatic carbocycles. The first-order valence-electron chi connectivity index (χ1n) is 15.9. The Labute approximate surface area is 246 Å². The number of hydrogen-bond donors (Lipinski definition) is 0. The Hall–Kier alpha value is -4.30. The van der Waals surface area contributed by atoms with Gasteiger partial charge in [0.2, 0.25) is 0 Å². The zero-order chi connectivity index (χ0) is 27.4. The van der Waals surface area contributed by atoms with Crippen molar-refractivity contribution in [1.29, 1.82) is 0 Å². The first kappa shape index (κ1) is 23.3. The summed E-state index contributed by atoms with van der Waals surface area (Å²) in [6.45, 7) is 0. The van der Waals surface area contributed by atoms with Crippen molar-refractivity contribution in [2.24, 2.45) is 17.8 Å². The molecule has 7 aromatic rings. The molecule has 11 rings (SSSR count). The van der Waals surface area contributed by atoms with E-state index in [9.17, 15) is 0 Å². The van der Waals surface area contributed by atoms with Crippen molar-refractivity contribution in [2.45, 2.75) is 43.9 Å². The summed E-state index contributed by atoms with van der Waals surface area (Å²) in [6.07, 6.45) is 8.72. The number of fused-ring (bicyclic) bond motifs is 6. The summed E-state index contributed by atoms with van der Waals surface area (Å²) in [5.41, 5.74) is 9.56. The van der Waals surface area contributed by atoms with Crippen LogP contribution in [0.25, 0.3) is 55.0 Å². The Balaban J connectivity index is 1.20. The second-order valence-electron chi connectivity index (χ2n) is 13.7. The van der Waals surface area contributed by atoms with Gasteiger partial charge in [-0.1, -0.05) is 66.7 Å². The fourth-order valence-electron chi connectivity index (χ4n) is 9.99. The first-order chi connectivity index (χ1) is 20.7. The third-order valence-corrected chi connectivity index (χ3v) is 11.3. The summed E-state index contributed by atoms with van der Waals surface area (Å²) in [6, 6.07) is 43.3. The fourth-order valence-corrected chi connectivity index (χ4v) is 9.99. The molecule has 42 heavy (non-hydrogen) atoms. The van der Waals surface area contributed by atoms with E-state index in [2.05, 4.69) is 124 Å². The molecule has 4 bridgehead atoms. The summed E-state index contributed by atoms with van der Waals surface area (Å²) in [7, 11) is 0. The van der Waals surface area contributed by atoms with Crippen LogP contribution in [0.4, 0.5) is 0 Å². The van der Waals surface area contributed by atoms with Gasteiger partial charge < -0.3 is 9.13 Å². The van der Waals surface area contributed by atoms with E-state index < -0.39 is 0 Å². The lowest BCUT2D eigenvalue weighted by molar-refractivity contribution is -0.00518. The van der Waals surface area contributed by atoms with Gasteiger partial charge in [0.15, 0.2) is 0 Å². The van der Waals surface area contributed by atoms with Crippen molar-refractivity contribution in [3.8, 4) is 11.4 Å². The van der Waals surface area contributed by atoms with Crippen LogP contribution in [0.15, 0.2) is 115 Å². The van der Waals surface area contributed by atoms with Crippen molar-refractivity contribution in [2.75, 3.05) is 0 Å². The van der Waals surface area contributed by atoms with Gasteiger partial charge in [-0.05, 0) is 116 Å². The number of hydrogen-bond acceptors (Lipinski definition) is 0. The van der Waals surface area contributed by atoms with Gasteiger partial charge in [-0.15, -0.1) is 0 Å². The predicted molar refractivity (Wildman–Crippen MR) is 175 cm³/mol. The lowest BCUT2D eigenvalue weighted by Gasteiger charge is -2.57. The highest BCUT2D eigenvalue weighted by atomic mass is 15.0. The number of para-hydroxylation sites is 3. The van der Waals surface area contributed by atoms with E-state index in [4.69, 9.17) is 0 Å². The minimum absolute atomic E-state index is 0.430. The van der Waals surface area contributed by atoms with Crippen LogP contribution in [0, 0.1) is 17.8 Å². The number of nitrogens with zero attached hydrogens (tertiary/aromatic N) is 2. The van der Waals surface area contributed by atoms with E-state index in [0.29, 0.717) is 5.41 Å². The summed E-state index contributed by atoms with van der Waals surface area (Å²) < 4.78 is 4.93. The van der Waals surface area contributed by atoms with E-state index in [-0.39, 0.29) is 0 Å². The third kappa shape index (κ3) is 3.16. The topological polar surface area (TPSA) is 9.86 Å². The van der Waals surface area contributed by atoms with Crippen LogP contribution in [0.1, 0.15) is 44.1 Å². The molecule has 0 spiro atoms. The predicted octanol–water partition coefficient (Wildman–Crippen LogP) is 10.3. The summed E-state index contributed by atoms with van der Waals surface area (Å²) in [5, 5.41) is 5.22. The van der Waals surface area contributed by atoms with E-state index in [1.165, 1.54) is 93.5 Å². The molecule has 4 saturated carbocycles. The second-order valence-corrected chi connectivity index (χ2v) is 13.7. The number of rotatable bonds is 3. The highest BCUT2D eigenvalue weighted by molar-refractivity contribution is 6.19. The number of benzene rings is 5. The molecule has 0 N–H and O–H groups in total. The Morgan fingerprint density at radius 1 is 0.429 bits per heavy atom. The van der Waals surface area contributed by atoms with Crippen LogP contribution in [-0.4, -0.2) is 9.13 Å². The zero-order valence-corrected chi connectivity index (χ0v) is 23.8. The fraction of sp³-hybridized carbons (Fsp3) is 0.250. The van der Waals surface area contributed by atoms with Crippen molar-refractivity contribution in [3.05, 3.63) is 121 Å². The van der Waals surface area contributed by atoms with Crippen molar-refractivity contribution in [1.82, 2.24) is 9.13 Å². The van der Waals surface area contributed by atoms with Crippen molar-refractivity contribution in [3.63, 3.8) is 0 Å². The molecule has 5 aromatic carbocycles. The van der Waals surface area contributed by atoms with Crippen molar-refractivity contribution < 1.29 is 0 Å². The molecule has 2 nitrogen and oxygen atoms in total. The van der Waals surface area contributed by atoms with Crippen LogP contribution in [0.3, 0.4) is 0 Å². The van der Waals surface area contributed by atoms with Gasteiger partial charge in [0.25, 0.3) is 0 Å². The van der Waals surface area contributed by atoms with Crippen LogP contribution >= 0.6 is 0 Å². The van der Waals surface area contributed by atoms with Crippen LogP contribution in [0.2, 0.25) is 0 Å². The van der Waals surface area contributed by atoms with E-state index in [1.54, 1.807) is 5.56 Å². The quantitative estimate of drug-likeness (QED) is 0.210. The first-order valence-corrected chi connectivity index (χ1v) is 15.9. The van der Waals surface area contributed by atoms with Crippen LogP contribution in [0.5, 0.6) is 0 Å². The Morgan fingerprint density at radius 3 is 1.40 bits per heavy atom. The molecule has 0 radical (unpaired) electrons. The van der Waals surface area contributed by atoms with E-state index >= 15 is 0 Å². The molecular formula is C40H34N2. The zero-order valence-electron chi connectivity index (χ0n) is 23.8. The molecule has 0 saturated heterocycles. The molecule has 4 fully saturated rings. The monoisotopic (exact) mass is 542 g/mol. The Morgan fingerprint density at radius 2 is 0.881 bits per heavy atom. The SMILES string of the molecule is c1ccc(-n2c3ccccc3c3cc4c(cc32)c2ccccc2n4-c2ccc(C34CC5CC(CC(C5)C3)C4)cc2)cc1. The second kappa shape index (κ2) is 8.38. The van der Waals surface area contributed by atoms with Gasteiger partial charge in [-0.3, -0.25) is 0 Å². The smallest absolute Gasteiger partial charge is 0.0548 e. The molecule has 4 aliphatic rings. The molecular weight excluding hydrogens is 508 g/mol. The molecule has 0 atom stereocenters. The lowest BCUT2D eigenvalue weighted by Crippen LogP contribution is -2.48. The summed E-state index contributed by atoms with van der Waals surface area (Å²) in [4.78, 5) is 0. The van der Waals surface area contributed by atoms with Gasteiger partial charge in [0, 0.05) is 32.9 Å². The highest BCUT2D eigenvalue weighted by Crippen LogP contribution is 2.60. The van der Waals surface area contributed by atoms with E-state index in [1.807, 2.05) is 0 Å². The summed E-state index contributed by atoms with van der Waals surface area (Å²) >= 11 is 0. The largest absolute Gasteiger partial charge is 0.309 e. The standard InChI is InChI=1S/C40H34N2/c1-2-8-30(9-3-1)41-36-12-6-4-10-32(36)34-22-39-35(21-38(34)41)33-11-5-7-13-37(33)42(39)31-16-14-29(15-17-31)40-23-26-18-27(24-40)20-28(19-26)25-40/h1-17,21-22,26-28H,18-20,23-25H2. The van der Waals surface area contributed by atoms with Crippen LogP contribution < -0.4 is 0 Å². The van der Waals surface area contributed by atoms with Gasteiger partial charge in [-0.25, -0.2) is 0 Å². The average Bonchev–Trinajstić information content (AvgIpc) is 3.52. The molecule has 204 valence electrons. The maximum absolute atomic E-state index is 2.50. The van der Waals surface area contributed by atoms with Crippen LogP contribution in [-0.2, 0) is 5.41 Å². The highest BCUT2D eigenvalue weighted by Gasteiger charge is 2.51. The molecule has 2 heteroatoms. The van der Waals surface area contributed by atoms with E-state index in [0.717, 1.165) is 17.8 Å². The minimum atomic E-state index is 0.430. The molecule has 0 amide bonds. The maximum Gasteiger partial charge on any atom is 0.0548 e. The Bertz CT molecular complexity index is 2120. The third-order valence-electron chi connectivity index (χ3n) is 11.3. The Kier molecular flexibility index (Phi) is 4.65. The van der Waals surface area contributed by atoms with Crippen molar-refractivity contribution >= 4 is 43.6 Å². The van der Waals surface area contributed by atoms with Gasteiger partial charge in [-0.2, -0.15) is 0 Å². The number of aromatic nitrogens is 2. The van der Waals surface area contributed by atoms with Gasteiger partial charge >= 0.3 is 0 Å². The molecule has 0 unspecified atom stereocenters. The average molecular weight is 543 g/mol. The molecule has 2 aromatic heterocycles. The normalized spacial score (nSPS) is 24.9. The lowest BCUT2D eigenvalue weighted by atomic mass is 9.48. The summed E-state index contributed by atoms with van der Waals surface area (Å²) in [5.74, 6) is 2.90. The molecule has 0 aliphatic heterocycles. The van der Waals surface area contributed by atoms with Gasteiger partial charge in [0.05, 0.1) is 22.1 Å². The molecule has 2 heterocycles. The van der Waals surface area contributed by atoms with Gasteiger partial charge in [0.1, 0.15) is 0 Å².